The number of methoxy groups -OCH3 is 1. The molecule has 0 unspecified atom stereocenters. The highest BCUT2D eigenvalue weighted by Gasteiger charge is 2.09. The molecule has 5 N–H and O–H groups in total. The topological polar surface area (TPSA) is 143 Å². The van der Waals surface area contributed by atoms with E-state index in [2.05, 4.69) is 25.7 Å². The maximum Gasteiger partial charge on any atom is 0.320 e. The molecule has 128 valence electrons. The predicted molar refractivity (Wildman–Crippen MR) is 91.7 cm³/mol. The van der Waals surface area contributed by atoms with Crippen molar-refractivity contribution < 1.29 is 9.53 Å². The van der Waals surface area contributed by atoms with Crippen molar-refractivity contribution in [1.82, 2.24) is 24.9 Å². The Labute approximate surface area is 142 Å². The molecule has 0 radical (unpaired) electrons. The van der Waals surface area contributed by atoms with Crippen LogP contribution in [0.3, 0.4) is 0 Å². The van der Waals surface area contributed by atoms with Gasteiger partial charge in [0.15, 0.2) is 11.5 Å². The van der Waals surface area contributed by atoms with Crippen molar-refractivity contribution in [3.8, 4) is 17.0 Å². The Morgan fingerprint density at radius 1 is 1.40 bits per heavy atom. The highest BCUT2D eigenvalue weighted by Crippen LogP contribution is 2.21. The number of rotatable bonds is 5. The average Bonchev–Trinajstić information content (AvgIpc) is 3.01. The number of carbonyl (C=O) groups excluding carboxylic acids is 1. The van der Waals surface area contributed by atoms with Gasteiger partial charge in [-0.3, -0.25) is 15.7 Å². The fourth-order valence-corrected chi connectivity index (χ4v) is 2.10. The Kier molecular flexibility index (Phi) is 4.42. The van der Waals surface area contributed by atoms with Crippen molar-refractivity contribution >= 4 is 23.3 Å². The molecule has 10 heteroatoms. The molecule has 3 aromatic rings. The summed E-state index contributed by atoms with van der Waals surface area (Å²) in [6.07, 6.45) is 4.88. The van der Waals surface area contributed by atoms with Crippen molar-refractivity contribution in [3.05, 3.63) is 36.8 Å². The Hall–Kier alpha value is -3.69. The molecule has 0 aliphatic rings. The van der Waals surface area contributed by atoms with Crippen LogP contribution in [0, 0.1) is 5.41 Å². The van der Waals surface area contributed by atoms with E-state index in [1.807, 2.05) is 6.07 Å². The number of aromatic nitrogens is 4. The minimum atomic E-state index is -0.504. The quantitative estimate of drug-likeness (QED) is 0.400. The first-order chi connectivity index (χ1) is 12.0. The van der Waals surface area contributed by atoms with Crippen LogP contribution >= 0.6 is 0 Å². The number of fused-ring (bicyclic) bond motifs is 1. The second-order valence-corrected chi connectivity index (χ2v) is 5.09. The van der Waals surface area contributed by atoms with Crippen LogP contribution in [0.15, 0.2) is 36.8 Å². The Balaban J connectivity index is 1.81. The zero-order valence-electron chi connectivity index (χ0n) is 13.4. The van der Waals surface area contributed by atoms with Crippen molar-refractivity contribution in [2.45, 2.75) is 0 Å². The first kappa shape index (κ1) is 16.2. The molecule has 10 nitrogen and oxygen atoms in total. The number of urea groups is 1. The van der Waals surface area contributed by atoms with E-state index < -0.39 is 6.03 Å². The number of nitrogens with one attached hydrogen (secondary N) is 3. The first-order valence-electron chi connectivity index (χ1n) is 7.29. The Morgan fingerprint density at radius 2 is 2.24 bits per heavy atom. The zero-order chi connectivity index (χ0) is 17.8. The number of hydrogen-bond acceptors (Lipinski definition) is 6. The summed E-state index contributed by atoms with van der Waals surface area (Å²) in [5, 5.41) is 16.5. The lowest BCUT2D eigenvalue weighted by Crippen LogP contribution is -2.35. The summed E-state index contributed by atoms with van der Waals surface area (Å²) in [5.41, 5.74) is 7.24. The van der Waals surface area contributed by atoms with Gasteiger partial charge in [0, 0.05) is 11.8 Å². The predicted octanol–water partition coefficient (Wildman–Crippen LogP) is 0.857. The van der Waals surface area contributed by atoms with Crippen LogP contribution in [-0.4, -0.2) is 45.1 Å². The van der Waals surface area contributed by atoms with Crippen LogP contribution in [0.4, 0.5) is 10.6 Å². The summed E-state index contributed by atoms with van der Waals surface area (Å²) in [6.45, 7) is -0.0373. The van der Waals surface area contributed by atoms with Crippen molar-refractivity contribution in [3.63, 3.8) is 0 Å². The molecule has 3 aromatic heterocycles. The van der Waals surface area contributed by atoms with E-state index >= 15 is 0 Å². The fourth-order valence-electron chi connectivity index (χ4n) is 2.10. The number of hydrogen-bond donors (Lipinski definition) is 4. The molecular weight excluding hydrogens is 324 g/mol. The van der Waals surface area contributed by atoms with Gasteiger partial charge in [-0.2, -0.15) is 5.10 Å². The van der Waals surface area contributed by atoms with Gasteiger partial charge in [-0.15, -0.1) is 0 Å². The molecule has 0 saturated heterocycles. The van der Waals surface area contributed by atoms with Gasteiger partial charge < -0.3 is 15.8 Å². The molecule has 0 atom stereocenters. The number of nitrogens with two attached hydrogens (primary N) is 1. The van der Waals surface area contributed by atoms with Crippen molar-refractivity contribution in [1.29, 1.82) is 5.41 Å². The van der Waals surface area contributed by atoms with Gasteiger partial charge in [-0.05, 0) is 18.2 Å². The minimum Gasteiger partial charge on any atom is -0.495 e. The number of amidine groups is 1. The maximum atomic E-state index is 11.7. The number of carbonyl (C=O) groups is 1. The highest BCUT2D eigenvalue weighted by atomic mass is 16.5. The molecule has 3 rings (SSSR count). The molecule has 0 bridgehead atoms. The average molecular weight is 340 g/mol. The van der Waals surface area contributed by atoms with E-state index in [1.165, 1.54) is 0 Å². The van der Waals surface area contributed by atoms with E-state index in [4.69, 9.17) is 15.9 Å². The Morgan fingerprint density at radius 3 is 3.00 bits per heavy atom. The number of anilines is 1. The van der Waals surface area contributed by atoms with E-state index in [9.17, 15) is 4.79 Å². The summed E-state index contributed by atoms with van der Waals surface area (Å²) >= 11 is 0. The van der Waals surface area contributed by atoms with Crippen molar-refractivity contribution in [2.75, 3.05) is 19.0 Å². The highest BCUT2D eigenvalue weighted by molar-refractivity contribution is 5.91. The monoisotopic (exact) mass is 340 g/mol. The van der Waals surface area contributed by atoms with Crippen LogP contribution in [0.25, 0.3) is 16.9 Å². The van der Waals surface area contributed by atoms with Gasteiger partial charge in [0.2, 0.25) is 0 Å². The number of nitrogens with zero attached hydrogens (tertiary/aromatic N) is 4. The van der Waals surface area contributed by atoms with Gasteiger partial charge in [0.25, 0.3) is 0 Å². The van der Waals surface area contributed by atoms with Crippen LogP contribution in [0.1, 0.15) is 0 Å². The molecule has 0 spiro atoms. The van der Waals surface area contributed by atoms with E-state index in [0.29, 0.717) is 22.9 Å². The Bertz CT molecular complexity index is 936. The molecular formula is C15H16N8O2. The van der Waals surface area contributed by atoms with Crippen LogP contribution in [0.5, 0.6) is 5.75 Å². The van der Waals surface area contributed by atoms with Crippen molar-refractivity contribution in [2.24, 2.45) is 5.73 Å². The third kappa shape index (κ3) is 3.80. The number of pyridine rings is 1. The molecule has 0 aliphatic carbocycles. The van der Waals surface area contributed by atoms with Gasteiger partial charge in [0.05, 0.1) is 31.7 Å². The smallest absolute Gasteiger partial charge is 0.320 e. The molecule has 0 saturated carbocycles. The van der Waals surface area contributed by atoms with Crippen LogP contribution in [0.2, 0.25) is 0 Å². The molecule has 2 amide bonds. The second-order valence-electron chi connectivity index (χ2n) is 5.09. The zero-order valence-corrected chi connectivity index (χ0v) is 13.4. The third-order valence-electron chi connectivity index (χ3n) is 3.25. The van der Waals surface area contributed by atoms with Crippen LogP contribution < -0.4 is 21.1 Å². The minimum absolute atomic E-state index is 0.0373. The largest absolute Gasteiger partial charge is 0.495 e. The summed E-state index contributed by atoms with van der Waals surface area (Å²) in [7, 11) is 1.57. The summed E-state index contributed by atoms with van der Waals surface area (Å²) in [4.78, 5) is 20.0. The molecule has 0 aromatic carbocycles. The van der Waals surface area contributed by atoms with Gasteiger partial charge in [-0.1, -0.05) is 0 Å². The molecule has 3 heterocycles. The SMILES string of the molecule is COc1cncc(-c2ccc3nc(NC(=O)NCC(=N)N)cn3n2)c1. The second kappa shape index (κ2) is 6.83. The summed E-state index contributed by atoms with van der Waals surface area (Å²) in [5.74, 6) is 0.826. The van der Waals surface area contributed by atoms with Crippen LogP contribution in [-0.2, 0) is 0 Å². The normalized spacial score (nSPS) is 10.4. The van der Waals surface area contributed by atoms with Gasteiger partial charge in [-0.25, -0.2) is 14.3 Å². The summed E-state index contributed by atoms with van der Waals surface area (Å²) in [6, 6.07) is 4.90. The van der Waals surface area contributed by atoms with E-state index in [1.54, 1.807) is 42.3 Å². The molecule has 25 heavy (non-hydrogen) atoms. The standard InChI is InChI=1S/C15H16N8O2/c1-25-10-4-9(5-18-6-10)11-2-3-14-20-13(8-23(14)22-11)21-15(24)19-7-12(16)17/h2-6,8H,7H2,1H3,(H3,16,17)(H2,19,21,24). The number of ether oxygens (including phenoxy) is 1. The lowest BCUT2D eigenvalue weighted by molar-refractivity contribution is 0.253. The molecule has 0 aliphatic heterocycles. The van der Waals surface area contributed by atoms with Gasteiger partial charge in [0.1, 0.15) is 11.6 Å². The maximum absolute atomic E-state index is 11.7. The van der Waals surface area contributed by atoms with Gasteiger partial charge >= 0.3 is 6.03 Å². The number of amides is 2. The fraction of sp³-hybridized carbons (Fsp3) is 0.133. The molecule has 0 fully saturated rings. The summed E-state index contributed by atoms with van der Waals surface area (Å²) < 4.78 is 6.71. The lowest BCUT2D eigenvalue weighted by Gasteiger charge is -2.03. The lowest BCUT2D eigenvalue weighted by atomic mass is 10.2. The van der Waals surface area contributed by atoms with E-state index in [0.717, 1.165) is 5.56 Å². The third-order valence-corrected chi connectivity index (χ3v) is 3.25. The number of imidazole rings is 1. The first-order valence-corrected chi connectivity index (χ1v) is 7.29. The van der Waals surface area contributed by atoms with E-state index in [-0.39, 0.29) is 12.4 Å².